The molecule has 0 bridgehead atoms. The van der Waals surface area contributed by atoms with Gasteiger partial charge >= 0.3 is 0 Å². The van der Waals surface area contributed by atoms with Crippen molar-refractivity contribution in [3.8, 4) is 0 Å². The quantitative estimate of drug-likeness (QED) is 0.807. The van der Waals surface area contributed by atoms with Crippen LogP contribution >= 0.6 is 0 Å². The molecule has 114 valence electrons. The summed E-state index contributed by atoms with van der Waals surface area (Å²) < 4.78 is 31.8. The van der Waals surface area contributed by atoms with Crippen molar-refractivity contribution >= 4 is 15.8 Å². The number of hydrogen-bond donors (Lipinski definition) is 2. The molecule has 0 unspecified atom stereocenters. The topological polar surface area (TPSA) is 97.1 Å². The van der Waals surface area contributed by atoms with Crippen molar-refractivity contribution < 1.29 is 12.8 Å². The monoisotopic (exact) mass is 310 g/mol. The maximum absolute atomic E-state index is 12.1. The molecule has 0 atom stereocenters. The molecular weight excluding hydrogens is 292 g/mol. The lowest BCUT2D eigenvalue weighted by Crippen LogP contribution is -2.23. The summed E-state index contributed by atoms with van der Waals surface area (Å²) in [4.78, 5) is 8.12. The van der Waals surface area contributed by atoms with Gasteiger partial charge in [-0.1, -0.05) is 6.92 Å². The molecule has 21 heavy (non-hydrogen) atoms. The van der Waals surface area contributed by atoms with Crippen molar-refractivity contribution in [1.82, 2.24) is 14.7 Å². The molecule has 2 rings (SSSR count). The fourth-order valence-electron chi connectivity index (χ4n) is 1.62. The van der Waals surface area contributed by atoms with Crippen LogP contribution in [-0.2, 0) is 16.6 Å². The third-order valence-corrected chi connectivity index (χ3v) is 4.07. The number of oxazole rings is 1. The average Bonchev–Trinajstić information content (AvgIpc) is 2.89. The van der Waals surface area contributed by atoms with Gasteiger partial charge in [0.15, 0.2) is 0 Å². The summed E-state index contributed by atoms with van der Waals surface area (Å²) in [5.74, 6) is 1.61. The zero-order valence-corrected chi connectivity index (χ0v) is 12.8. The highest BCUT2D eigenvalue weighted by Gasteiger charge is 2.15. The van der Waals surface area contributed by atoms with E-state index < -0.39 is 10.0 Å². The first-order valence-electron chi connectivity index (χ1n) is 6.62. The van der Waals surface area contributed by atoms with Crippen LogP contribution in [0.1, 0.15) is 25.0 Å². The lowest BCUT2D eigenvalue weighted by Gasteiger charge is -2.07. The van der Waals surface area contributed by atoms with Gasteiger partial charge in [0.1, 0.15) is 16.5 Å². The average molecular weight is 310 g/mol. The molecule has 0 aliphatic rings. The van der Waals surface area contributed by atoms with Gasteiger partial charge in [-0.05, 0) is 25.5 Å². The van der Waals surface area contributed by atoms with E-state index >= 15 is 0 Å². The molecule has 0 spiro atoms. The maximum Gasteiger partial charge on any atom is 0.242 e. The first kappa shape index (κ1) is 15.5. The standard InChI is InChI=1S/C13H18N4O3S/c1-3-6-14-12-5-4-11(8-15-12)21(18,19)17-9-13-16-7-10(2)20-13/h4-5,7-8,17H,3,6,9H2,1-2H3,(H,14,15). The van der Waals surface area contributed by atoms with Gasteiger partial charge in [-0.15, -0.1) is 0 Å². The minimum atomic E-state index is -3.63. The Bertz CT molecular complexity index is 680. The molecule has 0 amide bonds. The second-order valence-electron chi connectivity index (χ2n) is 4.50. The summed E-state index contributed by atoms with van der Waals surface area (Å²) in [6, 6.07) is 3.15. The number of nitrogens with zero attached hydrogens (tertiary/aromatic N) is 2. The maximum atomic E-state index is 12.1. The van der Waals surface area contributed by atoms with Gasteiger partial charge in [0, 0.05) is 12.7 Å². The molecule has 0 saturated heterocycles. The molecule has 8 heteroatoms. The third-order valence-electron chi connectivity index (χ3n) is 2.69. The number of sulfonamides is 1. The van der Waals surface area contributed by atoms with E-state index in [0.717, 1.165) is 13.0 Å². The van der Waals surface area contributed by atoms with E-state index in [2.05, 4.69) is 20.0 Å². The summed E-state index contributed by atoms with van der Waals surface area (Å²) >= 11 is 0. The zero-order chi connectivity index (χ0) is 15.3. The van der Waals surface area contributed by atoms with Crippen molar-refractivity contribution in [2.45, 2.75) is 31.7 Å². The van der Waals surface area contributed by atoms with Gasteiger partial charge < -0.3 is 9.73 Å². The van der Waals surface area contributed by atoms with E-state index in [1.165, 1.54) is 12.3 Å². The minimum absolute atomic E-state index is 0.00596. The van der Waals surface area contributed by atoms with Crippen LogP contribution in [-0.4, -0.2) is 24.9 Å². The molecular formula is C13H18N4O3S. The summed E-state index contributed by atoms with van der Waals surface area (Å²) in [5, 5.41) is 3.08. The molecule has 0 aromatic carbocycles. The van der Waals surface area contributed by atoms with Gasteiger partial charge in [-0.3, -0.25) is 0 Å². The van der Waals surface area contributed by atoms with Crippen LogP contribution in [0.4, 0.5) is 5.82 Å². The predicted molar refractivity (Wildman–Crippen MR) is 78.3 cm³/mol. The Morgan fingerprint density at radius 2 is 2.05 bits per heavy atom. The molecule has 0 saturated carbocycles. The van der Waals surface area contributed by atoms with E-state index in [0.29, 0.717) is 17.5 Å². The van der Waals surface area contributed by atoms with Gasteiger partial charge in [-0.25, -0.2) is 23.1 Å². The van der Waals surface area contributed by atoms with Crippen LogP contribution in [0.25, 0.3) is 0 Å². The van der Waals surface area contributed by atoms with Gasteiger partial charge in [-0.2, -0.15) is 0 Å². The number of nitrogens with one attached hydrogen (secondary N) is 2. The van der Waals surface area contributed by atoms with Crippen LogP contribution in [0.3, 0.4) is 0 Å². The summed E-state index contributed by atoms with van der Waals surface area (Å²) in [6.07, 6.45) is 3.83. The number of aromatic nitrogens is 2. The minimum Gasteiger partial charge on any atom is -0.445 e. The molecule has 2 heterocycles. The highest BCUT2D eigenvalue weighted by molar-refractivity contribution is 7.89. The smallest absolute Gasteiger partial charge is 0.242 e. The number of pyridine rings is 1. The van der Waals surface area contributed by atoms with Crippen molar-refractivity contribution in [2.75, 3.05) is 11.9 Å². The predicted octanol–water partition coefficient (Wildman–Crippen LogP) is 1.68. The van der Waals surface area contributed by atoms with Crippen LogP contribution < -0.4 is 10.0 Å². The second kappa shape index (κ2) is 6.68. The SMILES string of the molecule is CCCNc1ccc(S(=O)(=O)NCc2ncc(C)o2)cn1. The largest absolute Gasteiger partial charge is 0.445 e. The number of hydrogen-bond acceptors (Lipinski definition) is 6. The van der Waals surface area contributed by atoms with Gasteiger partial charge in [0.25, 0.3) is 0 Å². The van der Waals surface area contributed by atoms with Gasteiger partial charge in [0.05, 0.1) is 12.7 Å². The highest BCUT2D eigenvalue weighted by atomic mass is 32.2. The normalized spacial score (nSPS) is 11.5. The van der Waals surface area contributed by atoms with Crippen LogP contribution in [0, 0.1) is 6.92 Å². The summed E-state index contributed by atoms with van der Waals surface area (Å²) in [5.41, 5.74) is 0. The van der Waals surface area contributed by atoms with E-state index in [9.17, 15) is 8.42 Å². The lowest BCUT2D eigenvalue weighted by atomic mass is 10.4. The molecule has 0 fully saturated rings. The van der Waals surface area contributed by atoms with Crippen molar-refractivity contribution in [2.24, 2.45) is 0 Å². The Hall–Kier alpha value is -1.93. The van der Waals surface area contributed by atoms with Crippen molar-refractivity contribution in [3.63, 3.8) is 0 Å². The van der Waals surface area contributed by atoms with Gasteiger partial charge in [0.2, 0.25) is 15.9 Å². The van der Waals surface area contributed by atoms with Crippen molar-refractivity contribution in [3.05, 3.63) is 36.2 Å². The fourth-order valence-corrected chi connectivity index (χ4v) is 2.54. The van der Waals surface area contributed by atoms with Crippen molar-refractivity contribution in [1.29, 1.82) is 0 Å². The first-order chi connectivity index (χ1) is 10.0. The van der Waals surface area contributed by atoms with Crippen LogP contribution in [0.15, 0.2) is 33.8 Å². The Balaban J connectivity index is 2.01. The number of aryl methyl sites for hydroxylation is 1. The zero-order valence-electron chi connectivity index (χ0n) is 12.0. The Morgan fingerprint density at radius 3 is 2.62 bits per heavy atom. The van der Waals surface area contributed by atoms with E-state index in [4.69, 9.17) is 4.42 Å². The molecule has 2 N–H and O–H groups in total. The van der Waals surface area contributed by atoms with E-state index in [-0.39, 0.29) is 11.4 Å². The van der Waals surface area contributed by atoms with Crippen LogP contribution in [0.5, 0.6) is 0 Å². The molecule has 0 aliphatic carbocycles. The Labute approximate surface area is 123 Å². The number of rotatable bonds is 7. The molecule has 0 aliphatic heterocycles. The van der Waals surface area contributed by atoms with E-state index in [1.807, 2.05) is 6.92 Å². The lowest BCUT2D eigenvalue weighted by molar-refractivity contribution is 0.463. The summed E-state index contributed by atoms with van der Waals surface area (Å²) in [7, 11) is -3.63. The second-order valence-corrected chi connectivity index (χ2v) is 6.26. The Kier molecular flexibility index (Phi) is 4.92. The highest BCUT2D eigenvalue weighted by Crippen LogP contribution is 2.11. The van der Waals surface area contributed by atoms with E-state index in [1.54, 1.807) is 19.2 Å². The molecule has 2 aromatic rings. The van der Waals surface area contributed by atoms with Crippen LogP contribution in [0.2, 0.25) is 0 Å². The fraction of sp³-hybridized carbons (Fsp3) is 0.385. The Morgan fingerprint density at radius 1 is 1.24 bits per heavy atom. The molecule has 7 nitrogen and oxygen atoms in total. The molecule has 2 aromatic heterocycles. The third kappa shape index (κ3) is 4.27. The molecule has 0 radical (unpaired) electrons. The number of anilines is 1. The first-order valence-corrected chi connectivity index (χ1v) is 8.10. The summed E-state index contributed by atoms with van der Waals surface area (Å²) in [6.45, 7) is 4.59.